The van der Waals surface area contributed by atoms with Gasteiger partial charge in [0.2, 0.25) is 5.91 Å². The summed E-state index contributed by atoms with van der Waals surface area (Å²) >= 11 is 0. The molecule has 8 heteroatoms. The van der Waals surface area contributed by atoms with Gasteiger partial charge in [-0.2, -0.15) is 10.4 Å². The Labute approximate surface area is 165 Å². The second-order valence-electron chi connectivity index (χ2n) is 7.93. The predicted molar refractivity (Wildman–Crippen MR) is 106 cm³/mol. The number of carbonyl (C=O) groups is 1. The van der Waals surface area contributed by atoms with E-state index in [0.717, 1.165) is 24.9 Å². The average molecular weight is 382 g/mol. The zero-order valence-corrected chi connectivity index (χ0v) is 16.3. The van der Waals surface area contributed by atoms with Crippen LogP contribution in [-0.2, 0) is 11.3 Å². The summed E-state index contributed by atoms with van der Waals surface area (Å²) < 4.78 is 5.75. The molecule has 1 amide bonds. The number of nitrogens with zero attached hydrogens (tertiary/aromatic N) is 5. The summed E-state index contributed by atoms with van der Waals surface area (Å²) in [7, 11) is 0. The smallest absolute Gasteiger partial charge is 0.228 e. The molecular weight excluding hydrogens is 356 g/mol. The van der Waals surface area contributed by atoms with E-state index in [0.29, 0.717) is 42.8 Å². The second kappa shape index (κ2) is 8.38. The third-order valence-electron chi connectivity index (χ3n) is 5.78. The molecule has 1 fully saturated rings. The second-order valence-corrected chi connectivity index (χ2v) is 7.93. The van der Waals surface area contributed by atoms with Crippen LogP contribution >= 0.6 is 0 Å². The van der Waals surface area contributed by atoms with Crippen molar-refractivity contribution in [3.8, 4) is 11.8 Å². The van der Waals surface area contributed by atoms with Crippen molar-refractivity contribution in [3.05, 3.63) is 23.5 Å². The number of hydrazone groups is 1. The van der Waals surface area contributed by atoms with Crippen molar-refractivity contribution in [2.45, 2.75) is 33.2 Å². The first-order valence-corrected chi connectivity index (χ1v) is 9.48. The molecule has 0 saturated heterocycles. The number of hydrogen-bond donors (Lipinski definition) is 1. The molecule has 8 nitrogen and oxygen atoms in total. The molecule has 148 valence electrons. The molecule has 0 bridgehead atoms. The third-order valence-corrected chi connectivity index (χ3v) is 5.78. The topological polar surface area (TPSA) is 117 Å². The van der Waals surface area contributed by atoms with Gasteiger partial charge in [0.15, 0.2) is 0 Å². The van der Waals surface area contributed by atoms with Crippen molar-refractivity contribution < 1.29 is 9.53 Å². The number of nitriles is 1. The Hall–Kier alpha value is -2.95. The summed E-state index contributed by atoms with van der Waals surface area (Å²) in [6, 6.07) is 2.11. The molecule has 1 aliphatic carbocycles. The van der Waals surface area contributed by atoms with Crippen LogP contribution in [0.1, 0.15) is 37.8 Å². The SMILES string of the molecule is CC(C)(C(=O)N1CCOc2c(C#N)cncc2C1)C1CC(CN=CC=NN)C1. The van der Waals surface area contributed by atoms with Gasteiger partial charge in [-0.25, -0.2) is 0 Å². The summed E-state index contributed by atoms with van der Waals surface area (Å²) in [6.45, 7) is 6.08. The highest BCUT2D eigenvalue weighted by Crippen LogP contribution is 2.46. The number of nitrogens with two attached hydrogens (primary N) is 1. The molecule has 2 N–H and O–H groups in total. The molecule has 1 saturated carbocycles. The molecule has 0 atom stereocenters. The zero-order chi connectivity index (χ0) is 20.1. The van der Waals surface area contributed by atoms with Gasteiger partial charge < -0.3 is 15.5 Å². The van der Waals surface area contributed by atoms with Crippen LogP contribution in [0.3, 0.4) is 0 Å². The maximum absolute atomic E-state index is 13.3. The van der Waals surface area contributed by atoms with Crippen LogP contribution in [0.15, 0.2) is 22.5 Å². The van der Waals surface area contributed by atoms with Crippen molar-refractivity contribution in [3.63, 3.8) is 0 Å². The molecule has 3 rings (SSSR count). The van der Waals surface area contributed by atoms with Crippen LogP contribution in [-0.4, -0.2) is 47.9 Å². The number of hydrogen-bond acceptors (Lipinski definition) is 7. The van der Waals surface area contributed by atoms with Gasteiger partial charge in [-0.1, -0.05) is 13.8 Å². The number of rotatable bonds is 5. The minimum Gasteiger partial charge on any atom is -0.490 e. The van der Waals surface area contributed by atoms with Crippen molar-refractivity contribution in [1.29, 1.82) is 5.26 Å². The van der Waals surface area contributed by atoms with E-state index >= 15 is 0 Å². The van der Waals surface area contributed by atoms with Crippen LogP contribution in [0, 0.1) is 28.6 Å². The number of fused-ring (bicyclic) bond motifs is 1. The molecular formula is C20H26N6O2. The molecule has 0 aromatic carbocycles. The number of aliphatic imine (C=N–C) groups is 1. The lowest BCUT2D eigenvalue weighted by atomic mass is 9.61. The van der Waals surface area contributed by atoms with Gasteiger partial charge in [0.05, 0.1) is 19.3 Å². The fourth-order valence-corrected chi connectivity index (χ4v) is 3.92. The molecule has 0 unspecified atom stereocenters. The monoisotopic (exact) mass is 382 g/mol. The van der Waals surface area contributed by atoms with Gasteiger partial charge in [-0.05, 0) is 24.7 Å². The first-order chi connectivity index (χ1) is 13.5. The van der Waals surface area contributed by atoms with Crippen LogP contribution in [0.2, 0.25) is 0 Å². The minimum atomic E-state index is -0.455. The fourth-order valence-electron chi connectivity index (χ4n) is 3.92. The Morgan fingerprint density at radius 3 is 2.96 bits per heavy atom. The first-order valence-electron chi connectivity index (χ1n) is 9.48. The molecule has 0 spiro atoms. The lowest BCUT2D eigenvalue weighted by Crippen LogP contribution is -2.49. The van der Waals surface area contributed by atoms with E-state index in [4.69, 9.17) is 10.6 Å². The molecule has 28 heavy (non-hydrogen) atoms. The summed E-state index contributed by atoms with van der Waals surface area (Å²) in [5.41, 5.74) is 0.736. The summed E-state index contributed by atoms with van der Waals surface area (Å²) in [4.78, 5) is 23.5. The normalized spacial score (nSPS) is 22.2. The van der Waals surface area contributed by atoms with E-state index in [-0.39, 0.29) is 5.91 Å². The Morgan fingerprint density at radius 2 is 2.25 bits per heavy atom. The standard InChI is InChI=1S/C20H26N6O2/c1-20(2,17-7-14(8-17)10-23-3-4-25-22)19(27)26-5-6-28-18-15(9-21)11-24-12-16(18)13-26/h3-4,11-12,14,17H,5-8,10,13,22H2,1-2H3. The number of aromatic nitrogens is 1. The number of amides is 1. The Morgan fingerprint density at radius 1 is 1.46 bits per heavy atom. The van der Waals surface area contributed by atoms with Crippen molar-refractivity contribution in [2.24, 2.45) is 33.2 Å². The van der Waals surface area contributed by atoms with E-state index in [1.165, 1.54) is 12.4 Å². The molecule has 1 aliphatic heterocycles. The van der Waals surface area contributed by atoms with E-state index in [9.17, 15) is 10.1 Å². The van der Waals surface area contributed by atoms with E-state index in [2.05, 4.69) is 21.1 Å². The molecule has 2 heterocycles. The Balaban J connectivity index is 1.64. The lowest BCUT2D eigenvalue weighted by Gasteiger charge is -2.45. The number of carbonyl (C=O) groups excluding carboxylic acids is 1. The van der Waals surface area contributed by atoms with Crippen LogP contribution in [0.25, 0.3) is 0 Å². The van der Waals surface area contributed by atoms with E-state index in [1.807, 2.05) is 18.7 Å². The minimum absolute atomic E-state index is 0.119. The number of pyridine rings is 1. The maximum Gasteiger partial charge on any atom is 0.228 e. The largest absolute Gasteiger partial charge is 0.490 e. The maximum atomic E-state index is 13.3. The highest BCUT2D eigenvalue weighted by molar-refractivity contribution is 6.15. The zero-order valence-electron chi connectivity index (χ0n) is 16.3. The Bertz CT molecular complexity index is 820. The molecule has 1 aromatic rings. The molecule has 1 aromatic heterocycles. The average Bonchev–Trinajstić information content (AvgIpc) is 2.87. The van der Waals surface area contributed by atoms with Crippen LogP contribution in [0.5, 0.6) is 5.75 Å². The van der Waals surface area contributed by atoms with Crippen molar-refractivity contribution in [1.82, 2.24) is 9.88 Å². The first kappa shape index (κ1) is 19.8. The Kier molecular flexibility index (Phi) is 5.93. The van der Waals surface area contributed by atoms with E-state index in [1.54, 1.807) is 12.4 Å². The van der Waals surface area contributed by atoms with E-state index < -0.39 is 5.41 Å². The predicted octanol–water partition coefficient (Wildman–Crippen LogP) is 1.74. The van der Waals surface area contributed by atoms with Crippen molar-refractivity contribution >= 4 is 18.3 Å². The quantitative estimate of drug-likeness (QED) is 0.473. The van der Waals surface area contributed by atoms with Gasteiger partial charge in [-0.3, -0.25) is 14.8 Å². The number of ether oxygens (including phenoxy) is 1. The van der Waals surface area contributed by atoms with Crippen LogP contribution < -0.4 is 10.6 Å². The van der Waals surface area contributed by atoms with Gasteiger partial charge in [-0.15, -0.1) is 0 Å². The molecule has 2 aliphatic rings. The fraction of sp³-hybridized carbons (Fsp3) is 0.550. The summed E-state index contributed by atoms with van der Waals surface area (Å²) in [6.07, 6.45) is 8.22. The molecule has 0 radical (unpaired) electrons. The summed E-state index contributed by atoms with van der Waals surface area (Å²) in [5, 5.41) is 12.6. The summed E-state index contributed by atoms with van der Waals surface area (Å²) in [5.74, 6) is 6.53. The highest BCUT2D eigenvalue weighted by atomic mass is 16.5. The van der Waals surface area contributed by atoms with Crippen molar-refractivity contribution in [2.75, 3.05) is 19.7 Å². The van der Waals surface area contributed by atoms with Gasteiger partial charge in [0.25, 0.3) is 0 Å². The lowest BCUT2D eigenvalue weighted by molar-refractivity contribution is -0.147. The van der Waals surface area contributed by atoms with Gasteiger partial charge in [0, 0.05) is 36.1 Å². The third kappa shape index (κ3) is 3.98. The highest BCUT2D eigenvalue weighted by Gasteiger charge is 2.46. The van der Waals surface area contributed by atoms with Gasteiger partial charge >= 0.3 is 0 Å². The van der Waals surface area contributed by atoms with Gasteiger partial charge in [0.1, 0.15) is 24.0 Å². The van der Waals surface area contributed by atoms with Crippen LogP contribution in [0.4, 0.5) is 0 Å².